The van der Waals surface area contributed by atoms with Crippen molar-refractivity contribution >= 4 is 17.0 Å². The second-order valence-electron chi connectivity index (χ2n) is 5.68. The van der Waals surface area contributed by atoms with Crippen molar-refractivity contribution in [2.45, 2.75) is 39.2 Å². The molecule has 2 N–H and O–H groups in total. The van der Waals surface area contributed by atoms with Crippen LogP contribution in [-0.2, 0) is 0 Å². The van der Waals surface area contributed by atoms with E-state index in [1.165, 1.54) is 19.3 Å². The molecule has 0 saturated heterocycles. The molecule has 0 amide bonds. The molecule has 3 nitrogen and oxygen atoms in total. The minimum Gasteiger partial charge on any atom is -0.353 e. The van der Waals surface area contributed by atoms with E-state index >= 15 is 0 Å². The van der Waals surface area contributed by atoms with Gasteiger partial charge >= 0.3 is 0 Å². The molecule has 1 heterocycles. The molecule has 1 unspecified atom stereocenters. The molecule has 0 aliphatic heterocycles. The van der Waals surface area contributed by atoms with Gasteiger partial charge < -0.3 is 10.3 Å². The molecule has 0 radical (unpaired) electrons. The molecule has 1 aliphatic carbocycles. The van der Waals surface area contributed by atoms with Crippen molar-refractivity contribution < 1.29 is 0 Å². The van der Waals surface area contributed by atoms with Crippen molar-refractivity contribution in [1.82, 2.24) is 9.97 Å². The number of anilines is 1. The molecule has 1 saturated carbocycles. The van der Waals surface area contributed by atoms with Crippen LogP contribution < -0.4 is 5.32 Å². The molecule has 1 aromatic carbocycles. The highest BCUT2D eigenvalue weighted by Gasteiger charge is 2.34. The number of rotatable bonds is 2. The lowest BCUT2D eigenvalue weighted by Gasteiger charge is -2.27. The summed E-state index contributed by atoms with van der Waals surface area (Å²) in [4.78, 5) is 7.91. The first-order chi connectivity index (χ1) is 8.15. The van der Waals surface area contributed by atoms with Gasteiger partial charge in [0.25, 0.3) is 0 Å². The quantitative estimate of drug-likeness (QED) is 0.826. The topological polar surface area (TPSA) is 40.7 Å². The lowest BCUT2D eigenvalue weighted by Crippen LogP contribution is -2.31. The van der Waals surface area contributed by atoms with Crippen LogP contribution in [0.3, 0.4) is 0 Å². The Balaban J connectivity index is 1.85. The lowest BCUT2D eigenvalue weighted by atomic mass is 9.87. The molecular weight excluding hydrogens is 210 g/mol. The third-order valence-corrected chi connectivity index (χ3v) is 3.96. The minimum absolute atomic E-state index is 0.374. The second-order valence-corrected chi connectivity index (χ2v) is 5.68. The van der Waals surface area contributed by atoms with E-state index in [1.807, 2.05) is 18.2 Å². The fraction of sp³-hybridized carbons (Fsp3) is 0.500. The first-order valence-electron chi connectivity index (χ1n) is 6.36. The lowest BCUT2D eigenvalue weighted by molar-refractivity contribution is 0.349. The summed E-state index contributed by atoms with van der Waals surface area (Å²) in [6.07, 6.45) is 3.85. The fourth-order valence-corrected chi connectivity index (χ4v) is 2.78. The van der Waals surface area contributed by atoms with E-state index < -0.39 is 0 Å². The molecule has 17 heavy (non-hydrogen) atoms. The van der Waals surface area contributed by atoms with Gasteiger partial charge in [0.2, 0.25) is 5.95 Å². The molecule has 1 atom stereocenters. The number of para-hydroxylation sites is 2. The normalized spacial score (nSPS) is 23.1. The summed E-state index contributed by atoms with van der Waals surface area (Å²) in [7, 11) is 0. The van der Waals surface area contributed by atoms with Gasteiger partial charge in [-0.2, -0.15) is 0 Å². The van der Waals surface area contributed by atoms with Gasteiger partial charge in [0.05, 0.1) is 11.0 Å². The van der Waals surface area contributed by atoms with Crippen molar-refractivity contribution in [3.8, 4) is 0 Å². The molecular formula is C14H19N3. The van der Waals surface area contributed by atoms with Crippen LogP contribution >= 0.6 is 0 Å². The first kappa shape index (κ1) is 10.6. The molecule has 90 valence electrons. The molecule has 1 aliphatic rings. The SMILES string of the molecule is CC1(C)CCCC1Nc1nc2ccccc2[nH]1. The summed E-state index contributed by atoms with van der Waals surface area (Å²) in [5.74, 6) is 0.908. The Bertz CT molecular complexity index is 494. The molecule has 0 spiro atoms. The van der Waals surface area contributed by atoms with Crippen molar-refractivity contribution in [1.29, 1.82) is 0 Å². The van der Waals surface area contributed by atoms with E-state index in [0.29, 0.717) is 11.5 Å². The van der Waals surface area contributed by atoms with Gasteiger partial charge in [-0.3, -0.25) is 0 Å². The van der Waals surface area contributed by atoms with Crippen molar-refractivity contribution in [2.75, 3.05) is 5.32 Å². The summed E-state index contributed by atoms with van der Waals surface area (Å²) < 4.78 is 0. The first-order valence-corrected chi connectivity index (χ1v) is 6.36. The largest absolute Gasteiger partial charge is 0.353 e. The number of nitrogens with one attached hydrogen (secondary N) is 2. The number of nitrogens with zero attached hydrogens (tertiary/aromatic N) is 1. The molecule has 2 aromatic rings. The van der Waals surface area contributed by atoms with Crippen LogP contribution in [0.15, 0.2) is 24.3 Å². The Morgan fingerprint density at radius 2 is 2.18 bits per heavy atom. The predicted molar refractivity (Wildman–Crippen MR) is 71.1 cm³/mol. The number of hydrogen-bond donors (Lipinski definition) is 2. The van der Waals surface area contributed by atoms with Gasteiger partial charge in [-0.15, -0.1) is 0 Å². The van der Waals surface area contributed by atoms with Gasteiger partial charge in [-0.25, -0.2) is 4.98 Å². The Morgan fingerprint density at radius 3 is 2.88 bits per heavy atom. The maximum absolute atomic E-state index is 4.58. The average Bonchev–Trinajstić information content (AvgIpc) is 2.82. The summed E-state index contributed by atoms with van der Waals surface area (Å²) in [5.41, 5.74) is 2.51. The third kappa shape index (κ3) is 1.90. The van der Waals surface area contributed by atoms with E-state index in [1.54, 1.807) is 0 Å². The van der Waals surface area contributed by atoms with Crippen LogP contribution in [0.5, 0.6) is 0 Å². The van der Waals surface area contributed by atoms with Crippen LogP contribution in [0.4, 0.5) is 5.95 Å². The van der Waals surface area contributed by atoms with E-state index in [9.17, 15) is 0 Å². The van der Waals surface area contributed by atoms with Gasteiger partial charge in [-0.1, -0.05) is 32.4 Å². The van der Waals surface area contributed by atoms with Crippen LogP contribution in [-0.4, -0.2) is 16.0 Å². The van der Waals surface area contributed by atoms with Crippen molar-refractivity contribution in [3.63, 3.8) is 0 Å². The molecule has 3 heteroatoms. The number of H-pyrrole nitrogens is 1. The van der Waals surface area contributed by atoms with E-state index in [2.05, 4.69) is 35.2 Å². The van der Waals surface area contributed by atoms with Crippen molar-refractivity contribution in [3.05, 3.63) is 24.3 Å². The zero-order valence-electron chi connectivity index (χ0n) is 10.5. The Labute approximate surface area is 102 Å². The third-order valence-electron chi connectivity index (χ3n) is 3.96. The predicted octanol–water partition coefficient (Wildman–Crippen LogP) is 3.55. The molecule has 3 rings (SSSR count). The Hall–Kier alpha value is -1.51. The van der Waals surface area contributed by atoms with Crippen LogP contribution in [0.2, 0.25) is 0 Å². The second kappa shape index (κ2) is 3.76. The number of imidazole rings is 1. The molecule has 1 fully saturated rings. The van der Waals surface area contributed by atoms with E-state index in [4.69, 9.17) is 0 Å². The van der Waals surface area contributed by atoms with E-state index in [0.717, 1.165) is 17.0 Å². The molecule has 0 bridgehead atoms. The molecule has 1 aromatic heterocycles. The van der Waals surface area contributed by atoms with Crippen LogP contribution in [0, 0.1) is 5.41 Å². The smallest absolute Gasteiger partial charge is 0.201 e. The van der Waals surface area contributed by atoms with Gasteiger partial charge in [0.15, 0.2) is 0 Å². The summed E-state index contributed by atoms with van der Waals surface area (Å²) in [6, 6.07) is 8.68. The number of aromatic amines is 1. The number of hydrogen-bond acceptors (Lipinski definition) is 2. The summed E-state index contributed by atoms with van der Waals surface area (Å²) in [5, 5.41) is 3.55. The van der Waals surface area contributed by atoms with Crippen LogP contribution in [0.25, 0.3) is 11.0 Å². The maximum atomic E-state index is 4.58. The summed E-state index contributed by atoms with van der Waals surface area (Å²) in [6.45, 7) is 4.67. The monoisotopic (exact) mass is 229 g/mol. The van der Waals surface area contributed by atoms with Gasteiger partial charge in [-0.05, 0) is 30.4 Å². The van der Waals surface area contributed by atoms with E-state index in [-0.39, 0.29) is 0 Å². The number of aromatic nitrogens is 2. The Kier molecular flexibility index (Phi) is 2.35. The summed E-state index contributed by atoms with van der Waals surface area (Å²) >= 11 is 0. The Morgan fingerprint density at radius 1 is 1.35 bits per heavy atom. The van der Waals surface area contributed by atoms with Gasteiger partial charge in [0, 0.05) is 6.04 Å². The zero-order valence-corrected chi connectivity index (χ0v) is 10.5. The highest BCUT2D eigenvalue weighted by molar-refractivity contribution is 5.77. The maximum Gasteiger partial charge on any atom is 0.201 e. The van der Waals surface area contributed by atoms with Gasteiger partial charge in [0.1, 0.15) is 0 Å². The highest BCUT2D eigenvalue weighted by Crippen LogP contribution is 2.38. The average molecular weight is 229 g/mol. The minimum atomic E-state index is 0.374. The standard InChI is InChI=1S/C14H19N3/c1-14(2)9-5-8-12(14)17-13-15-10-6-3-4-7-11(10)16-13/h3-4,6-7,12H,5,8-9H2,1-2H3,(H2,15,16,17). The van der Waals surface area contributed by atoms with Crippen molar-refractivity contribution in [2.24, 2.45) is 5.41 Å². The van der Waals surface area contributed by atoms with Crippen LogP contribution in [0.1, 0.15) is 33.1 Å². The fourth-order valence-electron chi connectivity index (χ4n) is 2.78. The number of fused-ring (bicyclic) bond motifs is 1. The number of benzene rings is 1. The highest BCUT2D eigenvalue weighted by atomic mass is 15.1. The zero-order chi connectivity index (χ0) is 11.9.